The molecule has 0 aliphatic carbocycles. The van der Waals surface area contributed by atoms with E-state index in [1.165, 1.54) is 12.1 Å². The van der Waals surface area contributed by atoms with Gasteiger partial charge in [0, 0.05) is 16.2 Å². The lowest BCUT2D eigenvalue weighted by atomic mass is 10.2. The second-order valence-corrected chi connectivity index (χ2v) is 5.71. The molecule has 7 heteroatoms. The van der Waals surface area contributed by atoms with Crippen LogP contribution in [0.2, 0.25) is 5.02 Å². The fourth-order valence-electron chi connectivity index (χ4n) is 1.67. The van der Waals surface area contributed by atoms with Gasteiger partial charge >= 0.3 is 0 Å². The van der Waals surface area contributed by atoms with Crippen LogP contribution in [0.15, 0.2) is 36.4 Å². The minimum Gasteiger partial charge on any atom is -0.380 e. The van der Waals surface area contributed by atoms with Crippen LogP contribution in [0.5, 0.6) is 0 Å². The van der Waals surface area contributed by atoms with E-state index in [-0.39, 0.29) is 12.2 Å². The van der Waals surface area contributed by atoms with Crippen LogP contribution >= 0.6 is 34.2 Å². The highest BCUT2D eigenvalue weighted by Gasteiger charge is 2.10. The van der Waals surface area contributed by atoms with Gasteiger partial charge in [-0.1, -0.05) is 11.6 Å². The zero-order valence-electron chi connectivity index (χ0n) is 10.1. The summed E-state index contributed by atoms with van der Waals surface area (Å²) < 4.78 is 14.3. The molecule has 0 atom stereocenters. The molecule has 104 valence electrons. The van der Waals surface area contributed by atoms with Crippen LogP contribution in [0, 0.1) is 19.5 Å². The van der Waals surface area contributed by atoms with Gasteiger partial charge in [0.25, 0.3) is 5.69 Å². The third-order valence-corrected chi connectivity index (χ3v) is 3.55. The fourth-order valence-corrected chi connectivity index (χ4v) is 2.59. The SMILES string of the molecule is O=[N+]([O-])c1cc(F)cc(CNc2ccc(I)cc2Cl)c1. The lowest BCUT2D eigenvalue weighted by Gasteiger charge is -2.09. The van der Waals surface area contributed by atoms with Crippen LogP contribution in [0.4, 0.5) is 15.8 Å². The minimum absolute atomic E-state index is 0.249. The van der Waals surface area contributed by atoms with E-state index >= 15 is 0 Å². The zero-order valence-corrected chi connectivity index (χ0v) is 13.0. The maximum atomic E-state index is 13.3. The van der Waals surface area contributed by atoms with Crippen LogP contribution in [-0.2, 0) is 6.54 Å². The first kappa shape index (κ1) is 15.0. The van der Waals surface area contributed by atoms with Gasteiger partial charge < -0.3 is 5.32 Å². The Balaban J connectivity index is 2.16. The van der Waals surface area contributed by atoms with Gasteiger partial charge in [-0.2, -0.15) is 0 Å². The summed E-state index contributed by atoms with van der Waals surface area (Å²) in [5, 5.41) is 14.2. The van der Waals surface area contributed by atoms with E-state index in [0.29, 0.717) is 16.3 Å². The van der Waals surface area contributed by atoms with E-state index in [2.05, 4.69) is 27.9 Å². The number of hydrogen-bond donors (Lipinski definition) is 1. The number of benzene rings is 2. The molecule has 0 aliphatic heterocycles. The molecular formula is C13H9ClFIN2O2. The molecule has 0 spiro atoms. The van der Waals surface area contributed by atoms with Gasteiger partial charge in [-0.25, -0.2) is 4.39 Å². The molecule has 2 aromatic rings. The highest BCUT2D eigenvalue weighted by molar-refractivity contribution is 14.1. The first-order chi connectivity index (χ1) is 9.45. The molecule has 2 aromatic carbocycles. The van der Waals surface area contributed by atoms with Crippen molar-refractivity contribution in [1.29, 1.82) is 0 Å². The fraction of sp³-hybridized carbons (Fsp3) is 0.0769. The summed E-state index contributed by atoms with van der Waals surface area (Å²) in [7, 11) is 0. The average molecular weight is 407 g/mol. The molecule has 1 N–H and O–H groups in total. The van der Waals surface area contributed by atoms with Crippen molar-refractivity contribution in [1.82, 2.24) is 0 Å². The molecule has 0 aromatic heterocycles. The highest BCUT2D eigenvalue weighted by Crippen LogP contribution is 2.25. The molecule has 0 radical (unpaired) electrons. The van der Waals surface area contributed by atoms with Crippen molar-refractivity contribution in [3.8, 4) is 0 Å². The van der Waals surface area contributed by atoms with Crippen molar-refractivity contribution in [2.24, 2.45) is 0 Å². The molecule has 0 unspecified atom stereocenters. The van der Waals surface area contributed by atoms with E-state index in [1.807, 2.05) is 6.07 Å². The molecule has 0 heterocycles. The largest absolute Gasteiger partial charge is 0.380 e. The van der Waals surface area contributed by atoms with Gasteiger partial charge in [-0.05, 0) is 52.4 Å². The summed E-state index contributed by atoms with van der Waals surface area (Å²) in [6.07, 6.45) is 0. The minimum atomic E-state index is -0.635. The maximum absolute atomic E-state index is 13.3. The molecule has 0 saturated carbocycles. The first-order valence-corrected chi connectivity index (χ1v) is 7.04. The molecule has 2 rings (SSSR count). The molecular weight excluding hydrogens is 398 g/mol. The number of nitro benzene ring substituents is 1. The standard InChI is InChI=1S/C13H9ClFIN2O2/c14-12-6-10(16)1-2-13(12)17-7-8-3-9(15)5-11(4-8)18(19)20/h1-6,17H,7H2. The highest BCUT2D eigenvalue weighted by atomic mass is 127. The normalized spacial score (nSPS) is 10.3. The zero-order chi connectivity index (χ0) is 14.7. The van der Waals surface area contributed by atoms with Crippen LogP contribution in [0.25, 0.3) is 0 Å². The molecule has 0 fully saturated rings. The summed E-state index contributed by atoms with van der Waals surface area (Å²) in [5.74, 6) is -0.635. The smallest absolute Gasteiger partial charge is 0.272 e. The predicted octanol–water partition coefficient (Wildman–Crippen LogP) is 4.60. The lowest BCUT2D eigenvalue weighted by Crippen LogP contribution is -2.01. The van der Waals surface area contributed by atoms with E-state index < -0.39 is 10.7 Å². The molecule has 0 aliphatic rings. The number of rotatable bonds is 4. The first-order valence-electron chi connectivity index (χ1n) is 5.58. The molecule has 0 amide bonds. The van der Waals surface area contributed by atoms with Gasteiger partial charge in [0.15, 0.2) is 0 Å². The van der Waals surface area contributed by atoms with Gasteiger partial charge in [0.05, 0.1) is 21.7 Å². The van der Waals surface area contributed by atoms with E-state index in [0.717, 1.165) is 9.64 Å². The predicted molar refractivity (Wildman–Crippen MR) is 84.6 cm³/mol. The lowest BCUT2D eigenvalue weighted by molar-refractivity contribution is -0.385. The molecule has 20 heavy (non-hydrogen) atoms. The van der Waals surface area contributed by atoms with Crippen LogP contribution in [-0.4, -0.2) is 4.92 Å². The Bertz CT molecular complexity index is 667. The van der Waals surface area contributed by atoms with Crippen LogP contribution < -0.4 is 5.32 Å². The van der Waals surface area contributed by atoms with Crippen molar-refractivity contribution in [3.05, 3.63) is 66.5 Å². The summed E-state index contributed by atoms with van der Waals surface area (Å²) in [4.78, 5) is 10.0. The number of hydrogen-bond acceptors (Lipinski definition) is 3. The van der Waals surface area contributed by atoms with Crippen molar-refractivity contribution in [2.45, 2.75) is 6.54 Å². The summed E-state index contributed by atoms with van der Waals surface area (Å²) in [6, 6.07) is 8.94. The number of anilines is 1. The van der Waals surface area contributed by atoms with Crippen LogP contribution in [0.1, 0.15) is 5.56 Å². The summed E-state index contributed by atoms with van der Waals surface area (Å²) in [5.41, 5.74) is 0.904. The van der Waals surface area contributed by atoms with Crippen molar-refractivity contribution in [3.63, 3.8) is 0 Å². The topological polar surface area (TPSA) is 55.2 Å². The van der Waals surface area contributed by atoms with Gasteiger partial charge in [-0.15, -0.1) is 0 Å². The van der Waals surface area contributed by atoms with Crippen molar-refractivity contribution < 1.29 is 9.31 Å². The Morgan fingerprint density at radius 1 is 1.30 bits per heavy atom. The second kappa shape index (κ2) is 6.36. The van der Waals surface area contributed by atoms with E-state index in [4.69, 9.17) is 11.6 Å². The third-order valence-electron chi connectivity index (χ3n) is 2.57. The van der Waals surface area contributed by atoms with Crippen molar-refractivity contribution in [2.75, 3.05) is 5.32 Å². The third kappa shape index (κ3) is 3.80. The number of nitro groups is 1. The van der Waals surface area contributed by atoms with Crippen LogP contribution in [0.3, 0.4) is 0 Å². The molecule has 0 saturated heterocycles. The quantitative estimate of drug-likeness (QED) is 0.458. The summed E-state index contributed by atoms with van der Waals surface area (Å²) >= 11 is 8.20. The number of nitrogens with zero attached hydrogens (tertiary/aromatic N) is 1. The Hall–Kier alpha value is -1.41. The Labute approximate surface area is 133 Å². The monoisotopic (exact) mass is 406 g/mol. The Morgan fingerprint density at radius 2 is 2.05 bits per heavy atom. The molecule has 4 nitrogen and oxygen atoms in total. The maximum Gasteiger partial charge on any atom is 0.272 e. The van der Waals surface area contributed by atoms with Gasteiger partial charge in [0.1, 0.15) is 5.82 Å². The van der Waals surface area contributed by atoms with Gasteiger partial charge in [0.2, 0.25) is 0 Å². The number of nitrogens with one attached hydrogen (secondary N) is 1. The molecule has 0 bridgehead atoms. The summed E-state index contributed by atoms with van der Waals surface area (Å²) in [6.45, 7) is 0.249. The number of non-ortho nitro benzene ring substituents is 1. The Kier molecular flexibility index (Phi) is 4.77. The van der Waals surface area contributed by atoms with Gasteiger partial charge in [-0.3, -0.25) is 10.1 Å². The van der Waals surface area contributed by atoms with E-state index in [9.17, 15) is 14.5 Å². The average Bonchev–Trinajstić information content (AvgIpc) is 2.37. The number of halogens is 3. The van der Waals surface area contributed by atoms with E-state index in [1.54, 1.807) is 12.1 Å². The second-order valence-electron chi connectivity index (χ2n) is 4.05. The van der Waals surface area contributed by atoms with Crippen molar-refractivity contribution >= 4 is 45.6 Å². The Morgan fingerprint density at radius 3 is 2.70 bits per heavy atom.